The number of aromatic nitrogens is 1. The average Bonchev–Trinajstić information content (AvgIpc) is 2.82. The Morgan fingerprint density at radius 1 is 1.23 bits per heavy atom. The molecule has 0 atom stereocenters. The Hall–Kier alpha value is -2.43. The molecule has 26 heavy (non-hydrogen) atoms. The van der Waals surface area contributed by atoms with Gasteiger partial charge in [0, 0.05) is 35.1 Å². The van der Waals surface area contributed by atoms with Gasteiger partial charge in [-0.15, -0.1) is 0 Å². The van der Waals surface area contributed by atoms with Crippen molar-refractivity contribution in [2.75, 3.05) is 6.54 Å². The number of hydrogen-bond donors (Lipinski definition) is 1. The number of carbonyl (C=O) groups excluding carboxylic acids is 1. The number of halogens is 2. The van der Waals surface area contributed by atoms with Crippen LogP contribution in [0.3, 0.4) is 0 Å². The minimum Gasteiger partial charge on any atom is -0.358 e. The van der Waals surface area contributed by atoms with E-state index in [1.54, 1.807) is 4.90 Å². The van der Waals surface area contributed by atoms with Gasteiger partial charge in [-0.1, -0.05) is 20.8 Å². The first-order valence-corrected chi connectivity index (χ1v) is 8.82. The molecule has 3 nitrogen and oxygen atoms in total. The monoisotopic (exact) mass is 358 g/mol. The van der Waals surface area contributed by atoms with Crippen LogP contribution in [0.1, 0.15) is 60.1 Å². The fourth-order valence-corrected chi connectivity index (χ4v) is 3.80. The lowest BCUT2D eigenvalue weighted by Crippen LogP contribution is -2.37. The Morgan fingerprint density at radius 2 is 1.92 bits per heavy atom. The number of fused-ring (bicyclic) bond motifs is 1. The Balaban J connectivity index is 2.09. The lowest BCUT2D eigenvalue weighted by Gasteiger charge is -2.30. The van der Waals surface area contributed by atoms with Gasteiger partial charge in [-0.05, 0) is 55.2 Å². The predicted molar refractivity (Wildman–Crippen MR) is 99.0 cm³/mol. The van der Waals surface area contributed by atoms with Gasteiger partial charge in [0.2, 0.25) is 0 Å². The quantitative estimate of drug-likeness (QED) is 0.797. The van der Waals surface area contributed by atoms with E-state index < -0.39 is 11.6 Å². The van der Waals surface area contributed by atoms with Crippen LogP contribution in [-0.4, -0.2) is 22.3 Å². The molecule has 1 amide bonds. The van der Waals surface area contributed by atoms with Gasteiger partial charge >= 0.3 is 0 Å². The van der Waals surface area contributed by atoms with Crippen LogP contribution >= 0.6 is 0 Å². The average molecular weight is 358 g/mol. The number of amides is 1. The summed E-state index contributed by atoms with van der Waals surface area (Å²) in [6.45, 7) is 10.8. The maximum Gasteiger partial charge on any atom is 0.257 e. The SMILES string of the molecule is CCC1=CN(C(=O)c2ccc(F)c(F)c2)CC(C)(C)c2c1[nH]c(C)c2C. The zero-order valence-corrected chi connectivity index (χ0v) is 15.8. The molecule has 1 aromatic heterocycles. The highest BCUT2D eigenvalue weighted by atomic mass is 19.2. The largest absolute Gasteiger partial charge is 0.358 e. The number of H-pyrrole nitrogens is 1. The van der Waals surface area contributed by atoms with Crippen LogP contribution in [0, 0.1) is 25.5 Å². The van der Waals surface area contributed by atoms with Crippen molar-refractivity contribution in [2.45, 2.75) is 46.5 Å². The normalized spacial score (nSPS) is 16.1. The molecule has 0 saturated carbocycles. The second-order valence-corrected chi connectivity index (χ2v) is 7.58. The third-order valence-corrected chi connectivity index (χ3v) is 5.18. The van der Waals surface area contributed by atoms with E-state index in [1.165, 1.54) is 17.2 Å². The number of rotatable bonds is 2. The molecule has 0 spiro atoms. The molecule has 1 aliphatic heterocycles. The molecule has 0 aliphatic carbocycles. The number of hydrogen-bond acceptors (Lipinski definition) is 1. The summed E-state index contributed by atoms with van der Waals surface area (Å²) in [4.78, 5) is 18.1. The van der Waals surface area contributed by atoms with Crippen molar-refractivity contribution in [1.29, 1.82) is 0 Å². The first-order valence-electron chi connectivity index (χ1n) is 8.82. The van der Waals surface area contributed by atoms with E-state index in [0.717, 1.165) is 35.5 Å². The second-order valence-electron chi connectivity index (χ2n) is 7.58. The van der Waals surface area contributed by atoms with Crippen molar-refractivity contribution in [3.63, 3.8) is 0 Å². The Kier molecular flexibility index (Phi) is 4.51. The molecule has 0 unspecified atom stereocenters. The van der Waals surface area contributed by atoms with Crippen molar-refractivity contribution < 1.29 is 13.6 Å². The summed E-state index contributed by atoms with van der Waals surface area (Å²) < 4.78 is 26.8. The van der Waals surface area contributed by atoms with Gasteiger partial charge in [-0.25, -0.2) is 8.78 Å². The molecular formula is C21H24F2N2O. The molecule has 3 rings (SSSR count). The molecule has 2 aromatic rings. The standard InChI is InChI=1S/C21H24F2N2O/c1-6-14-10-25(20(26)15-7-8-16(22)17(23)9-15)11-21(4,5)18-12(2)13(3)24-19(14)18/h7-10,24H,6,11H2,1-5H3. The second kappa shape index (κ2) is 6.38. The van der Waals surface area contributed by atoms with Crippen molar-refractivity contribution in [3.8, 4) is 0 Å². The maximum atomic E-state index is 13.6. The summed E-state index contributed by atoms with van der Waals surface area (Å²) in [7, 11) is 0. The molecule has 0 saturated heterocycles. The summed E-state index contributed by atoms with van der Waals surface area (Å²) in [5.74, 6) is -2.30. The van der Waals surface area contributed by atoms with Gasteiger partial charge in [0.25, 0.3) is 5.91 Å². The van der Waals surface area contributed by atoms with Crippen molar-refractivity contribution >= 4 is 11.5 Å². The molecule has 5 heteroatoms. The molecule has 1 aromatic carbocycles. The van der Waals surface area contributed by atoms with E-state index in [0.29, 0.717) is 6.54 Å². The fraction of sp³-hybridized carbons (Fsp3) is 0.381. The maximum absolute atomic E-state index is 13.6. The number of carbonyl (C=O) groups is 1. The van der Waals surface area contributed by atoms with Crippen molar-refractivity contribution in [3.05, 3.63) is 64.1 Å². The molecule has 0 bridgehead atoms. The third kappa shape index (κ3) is 2.96. The van der Waals surface area contributed by atoms with Gasteiger partial charge in [-0.3, -0.25) is 4.79 Å². The number of aryl methyl sites for hydroxylation is 1. The molecule has 0 radical (unpaired) electrons. The lowest BCUT2D eigenvalue weighted by molar-refractivity contribution is 0.0800. The molecule has 0 fully saturated rings. The first-order chi connectivity index (χ1) is 12.2. The molecule has 2 heterocycles. The van der Waals surface area contributed by atoms with Crippen molar-refractivity contribution in [1.82, 2.24) is 9.88 Å². The molecule has 138 valence electrons. The third-order valence-electron chi connectivity index (χ3n) is 5.18. The zero-order valence-electron chi connectivity index (χ0n) is 15.8. The summed E-state index contributed by atoms with van der Waals surface area (Å²) in [5.41, 5.74) is 5.49. The van der Waals surface area contributed by atoms with Crippen LogP contribution < -0.4 is 0 Å². The zero-order chi connectivity index (χ0) is 19.2. The van der Waals surface area contributed by atoms with E-state index in [2.05, 4.69) is 32.7 Å². The van der Waals surface area contributed by atoms with Gasteiger partial charge < -0.3 is 9.88 Å². The Morgan fingerprint density at radius 3 is 2.54 bits per heavy atom. The fourth-order valence-electron chi connectivity index (χ4n) is 3.80. The van der Waals surface area contributed by atoms with Crippen molar-refractivity contribution in [2.24, 2.45) is 0 Å². The number of aromatic amines is 1. The first kappa shape index (κ1) is 18.4. The molecular weight excluding hydrogens is 334 g/mol. The van der Waals surface area contributed by atoms with E-state index in [4.69, 9.17) is 0 Å². The van der Waals surface area contributed by atoms with Gasteiger partial charge in [0.05, 0.1) is 0 Å². The summed E-state index contributed by atoms with van der Waals surface area (Å²) in [6.07, 6.45) is 2.59. The highest BCUT2D eigenvalue weighted by Gasteiger charge is 2.35. The molecule has 1 N–H and O–H groups in total. The van der Waals surface area contributed by atoms with Crippen LogP contribution in [0.25, 0.3) is 5.57 Å². The Labute approximate surface area is 152 Å². The number of nitrogens with one attached hydrogen (secondary N) is 1. The highest BCUT2D eigenvalue weighted by Crippen LogP contribution is 2.39. The van der Waals surface area contributed by atoms with E-state index in [-0.39, 0.29) is 16.9 Å². The van der Waals surface area contributed by atoms with Crippen LogP contribution in [-0.2, 0) is 5.41 Å². The summed E-state index contributed by atoms with van der Waals surface area (Å²) in [5, 5.41) is 0. The topological polar surface area (TPSA) is 36.1 Å². The Bertz CT molecular complexity index is 909. The van der Waals surface area contributed by atoms with E-state index in [1.807, 2.05) is 13.1 Å². The van der Waals surface area contributed by atoms with Gasteiger partial charge in [0.1, 0.15) is 0 Å². The lowest BCUT2D eigenvalue weighted by atomic mass is 9.81. The van der Waals surface area contributed by atoms with E-state index in [9.17, 15) is 13.6 Å². The number of allylic oxidation sites excluding steroid dienone is 1. The number of nitrogens with zero attached hydrogens (tertiary/aromatic N) is 1. The molecule has 1 aliphatic rings. The van der Waals surface area contributed by atoms with Crippen LogP contribution in [0.4, 0.5) is 8.78 Å². The minimum absolute atomic E-state index is 0.143. The minimum atomic E-state index is -1.01. The van der Waals surface area contributed by atoms with E-state index >= 15 is 0 Å². The summed E-state index contributed by atoms with van der Waals surface area (Å²) >= 11 is 0. The van der Waals surface area contributed by atoms with Crippen LogP contribution in [0.5, 0.6) is 0 Å². The number of benzene rings is 1. The summed E-state index contributed by atoms with van der Waals surface area (Å²) in [6, 6.07) is 3.28. The smallest absolute Gasteiger partial charge is 0.257 e. The van der Waals surface area contributed by atoms with Crippen LogP contribution in [0.2, 0.25) is 0 Å². The van der Waals surface area contributed by atoms with Gasteiger partial charge in [-0.2, -0.15) is 0 Å². The highest BCUT2D eigenvalue weighted by molar-refractivity contribution is 5.96. The van der Waals surface area contributed by atoms with Crippen LogP contribution in [0.15, 0.2) is 24.4 Å². The predicted octanol–water partition coefficient (Wildman–Crippen LogP) is 5.09. The van der Waals surface area contributed by atoms with Gasteiger partial charge in [0.15, 0.2) is 11.6 Å².